The summed E-state index contributed by atoms with van der Waals surface area (Å²) in [6.07, 6.45) is 1.11. The number of hydrogen-bond acceptors (Lipinski definition) is 6. The minimum atomic E-state index is 0.290. The molecular weight excluding hydrogens is 254 g/mol. The van der Waals surface area contributed by atoms with Crippen LogP contribution < -0.4 is 16.0 Å². The van der Waals surface area contributed by atoms with Crippen molar-refractivity contribution in [2.45, 2.75) is 19.4 Å². The number of nitrogens with zero attached hydrogens (tertiary/aromatic N) is 4. The molecule has 2 aromatic rings. The van der Waals surface area contributed by atoms with Crippen LogP contribution in [-0.4, -0.2) is 46.3 Å². The third-order valence-electron chi connectivity index (χ3n) is 3.63. The van der Waals surface area contributed by atoms with E-state index in [4.69, 9.17) is 5.73 Å². The first kappa shape index (κ1) is 12.9. The third kappa shape index (κ3) is 2.44. The van der Waals surface area contributed by atoms with E-state index in [0.717, 1.165) is 42.4 Å². The van der Waals surface area contributed by atoms with E-state index < -0.39 is 0 Å². The molecule has 1 aliphatic heterocycles. The van der Waals surface area contributed by atoms with Crippen LogP contribution in [0.25, 0.3) is 11.4 Å². The standard InChI is InChI=1S/C13H19N7/c1-8-5-11(19-18-8)10-6-12(17-13(14)16-10)20-4-3-9(7-20)15-2/h5-6,9,15H,3-4,7H2,1-2H3,(H,18,19)(H2,14,16,17). The summed E-state index contributed by atoms with van der Waals surface area (Å²) in [5, 5.41) is 10.4. The molecule has 0 saturated carbocycles. The van der Waals surface area contributed by atoms with Gasteiger partial charge >= 0.3 is 0 Å². The molecule has 1 unspecified atom stereocenters. The maximum atomic E-state index is 5.84. The number of hydrogen-bond donors (Lipinski definition) is 3. The van der Waals surface area contributed by atoms with Crippen molar-refractivity contribution >= 4 is 11.8 Å². The number of nitrogens with two attached hydrogens (primary N) is 1. The van der Waals surface area contributed by atoms with Crippen LogP contribution in [0.5, 0.6) is 0 Å². The van der Waals surface area contributed by atoms with Gasteiger partial charge in [0.05, 0.1) is 17.1 Å². The van der Waals surface area contributed by atoms with Crippen molar-refractivity contribution < 1.29 is 0 Å². The topological polar surface area (TPSA) is 95.8 Å². The summed E-state index contributed by atoms with van der Waals surface area (Å²) in [6, 6.07) is 4.41. The van der Waals surface area contributed by atoms with Crippen LogP contribution in [-0.2, 0) is 0 Å². The summed E-state index contributed by atoms with van der Waals surface area (Å²) in [7, 11) is 1.99. The summed E-state index contributed by atoms with van der Waals surface area (Å²) >= 11 is 0. The molecule has 106 valence electrons. The Hall–Kier alpha value is -2.15. The molecule has 3 rings (SSSR count). The van der Waals surface area contributed by atoms with E-state index in [1.807, 2.05) is 26.1 Å². The van der Waals surface area contributed by atoms with Crippen LogP contribution in [0, 0.1) is 6.92 Å². The van der Waals surface area contributed by atoms with Crippen LogP contribution in [0.2, 0.25) is 0 Å². The molecule has 0 aromatic carbocycles. The Kier molecular flexibility index (Phi) is 3.27. The molecule has 4 N–H and O–H groups in total. The molecule has 20 heavy (non-hydrogen) atoms. The van der Waals surface area contributed by atoms with Crippen LogP contribution >= 0.6 is 0 Å². The Labute approximate surface area is 117 Å². The smallest absolute Gasteiger partial charge is 0.222 e. The van der Waals surface area contributed by atoms with Gasteiger partial charge in [0.1, 0.15) is 5.82 Å². The average molecular weight is 273 g/mol. The highest BCUT2D eigenvalue weighted by molar-refractivity contribution is 5.61. The fourth-order valence-corrected chi connectivity index (χ4v) is 2.51. The van der Waals surface area contributed by atoms with Gasteiger partial charge in [-0.2, -0.15) is 10.1 Å². The zero-order valence-corrected chi connectivity index (χ0v) is 11.7. The number of likely N-dealkylation sites (N-methyl/N-ethyl adjacent to an activating group) is 1. The highest BCUT2D eigenvalue weighted by Gasteiger charge is 2.23. The van der Waals surface area contributed by atoms with Crippen molar-refractivity contribution in [3.63, 3.8) is 0 Å². The summed E-state index contributed by atoms with van der Waals surface area (Å²) in [4.78, 5) is 10.9. The van der Waals surface area contributed by atoms with Gasteiger partial charge in [0.2, 0.25) is 5.95 Å². The van der Waals surface area contributed by atoms with E-state index >= 15 is 0 Å². The first-order valence-corrected chi connectivity index (χ1v) is 6.75. The summed E-state index contributed by atoms with van der Waals surface area (Å²) < 4.78 is 0. The van der Waals surface area contributed by atoms with Gasteiger partial charge in [-0.1, -0.05) is 0 Å². The molecule has 1 saturated heterocycles. The van der Waals surface area contributed by atoms with E-state index in [0.29, 0.717) is 6.04 Å². The average Bonchev–Trinajstić information content (AvgIpc) is 3.06. The first-order valence-electron chi connectivity index (χ1n) is 6.75. The molecule has 7 heteroatoms. The molecule has 1 aliphatic rings. The Morgan fingerprint density at radius 2 is 2.25 bits per heavy atom. The Morgan fingerprint density at radius 1 is 1.40 bits per heavy atom. The van der Waals surface area contributed by atoms with Gasteiger partial charge in [-0.3, -0.25) is 5.10 Å². The predicted octanol–water partition coefficient (Wildman–Crippen LogP) is 0.555. The Bertz CT molecular complexity index is 607. The number of nitrogens with one attached hydrogen (secondary N) is 2. The third-order valence-corrected chi connectivity index (χ3v) is 3.63. The summed E-state index contributed by atoms with van der Waals surface area (Å²) in [5.41, 5.74) is 8.41. The highest BCUT2D eigenvalue weighted by Crippen LogP contribution is 2.24. The Balaban J connectivity index is 1.91. The molecule has 0 amide bonds. The maximum Gasteiger partial charge on any atom is 0.222 e. The van der Waals surface area contributed by atoms with Crippen molar-refractivity contribution in [1.82, 2.24) is 25.5 Å². The van der Waals surface area contributed by atoms with Crippen LogP contribution in [0.15, 0.2) is 12.1 Å². The second-order valence-corrected chi connectivity index (χ2v) is 5.11. The number of aryl methyl sites for hydroxylation is 1. The number of aromatic amines is 1. The lowest BCUT2D eigenvalue weighted by atomic mass is 10.2. The zero-order chi connectivity index (χ0) is 14.1. The second-order valence-electron chi connectivity index (χ2n) is 5.11. The largest absolute Gasteiger partial charge is 0.368 e. The quantitative estimate of drug-likeness (QED) is 0.756. The number of H-pyrrole nitrogens is 1. The van der Waals surface area contributed by atoms with Crippen LogP contribution in [0.4, 0.5) is 11.8 Å². The molecule has 0 bridgehead atoms. The molecule has 0 spiro atoms. The minimum Gasteiger partial charge on any atom is -0.368 e. The predicted molar refractivity (Wildman–Crippen MR) is 78.4 cm³/mol. The van der Waals surface area contributed by atoms with Gasteiger partial charge in [0, 0.05) is 25.2 Å². The van der Waals surface area contributed by atoms with E-state index in [1.165, 1.54) is 0 Å². The monoisotopic (exact) mass is 273 g/mol. The zero-order valence-electron chi connectivity index (χ0n) is 11.7. The molecule has 3 heterocycles. The Morgan fingerprint density at radius 3 is 2.90 bits per heavy atom. The van der Waals surface area contributed by atoms with Crippen LogP contribution in [0.3, 0.4) is 0 Å². The molecule has 2 aromatic heterocycles. The van der Waals surface area contributed by atoms with Gasteiger partial charge in [-0.05, 0) is 26.5 Å². The van der Waals surface area contributed by atoms with Crippen molar-refractivity contribution in [1.29, 1.82) is 0 Å². The fraction of sp³-hybridized carbons (Fsp3) is 0.462. The number of rotatable bonds is 3. The van der Waals surface area contributed by atoms with Crippen molar-refractivity contribution in [3.05, 3.63) is 17.8 Å². The lowest BCUT2D eigenvalue weighted by molar-refractivity contribution is 0.616. The molecule has 0 aliphatic carbocycles. The van der Waals surface area contributed by atoms with Gasteiger partial charge in [0.15, 0.2) is 0 Å². The van der Waals surface area contributed by atoms with E-state index in [-0.39, 0.29) is 5.95 Å². The van der Waals surface area contributed by atoms with E-state index in [9.17, 15) is 0 Å². The fourth-order valence-electron chi connectivity index (χ4n) is 2.51. The first-order chi connectivity index (χ1) is 9.65. The SMILES string of the molecule is CNC1CCN(c2cc(-c3cc(C)n[nH]3)nc(N)n2)C1. The number of nitrogen functional groups attached to an aromatic ring is 1. The normalized spacial score (nSPS) is 18.7. The second kappa shape index (κ2) is 5.09. The number of anilines is 2. The van der Waals surface area contributed by atoms with Crippen molar-refractivity contribution in [3.8, 4) is 11.4 Å². The van der Waals surface area contributed by atoms with Gasteiger partial charge < -0.3 is 16.0 Å². The van der Waals surface area contributed by atoms with Gasteiger partial charge in [0.25, 0.3) is 0 Å². The van der Waals surface area contributed by atoms with Crippen LogP contribution in [0.1, 0.15) is 12.1 Å². The van der Waals surface area contributed by atoms with Crippen molar-refractivity contribution in [2.24, 2.45) is 0 Å². The van der Waals surface area contributed by atoms with Crippen molar-refractivity contribution in [2.75, 3.05) is 30.8 Å². The lowest BCUT2D eigenvalue weighted by Gasteiger charge is -2.18. The van der Waals surface area contributed by atoms with Gasteiger partial charge in [-0.25, -0.2) is 4.98 Å². The summed E-state index contributed by atoms with van der Waals surface area (Å²) in [5.74, 6) is 1.16. The molecule has 7 nitrogen and oxygen atoms in total. The van der Waals surface area contributed by atoms with E-state index in [1.54, 1.807) is 0 Å². The number of aromatic nitrogens is 4. The maximum absolute atomic E-state index is 5.84. The molecule has 1 atom stereocenters. The molecule has 1 fully saturated rings. The highest BCUT2D eigenvalue weighted by atomic mass is 15.2. The van der Waals surface area contributed by atoms with E-state index in [2.05, 4.69) is 30.4 Å². The minimum absolute atomic E-state index is 0.290. The summed E-state index contributed by atoms with van der Waals surface area (Å²) in [6.45, 7) is 3.85. The lowest BCUT2D eigenvalue weighted by Crippen LogP contribution is -2.30. The molecule has 0 radical (unpaired) electrons. The molecular formula is C13H19N7. The van der Waals surface area contributed by atoms with Gasteiger partial charge in [-0.15, -0.1) is 0 Å².